The minimum atomic E-state index is -1.07. The van der Waals surface area contributed by atoms with Gasteiger partial charge in [-0.25, -0.2) is 13.2 Å². The highest BCUT2D eigenvalue weighted by molar-refractivity contribution is 5.29. The summed E-state index contributed by atoms with van der Waals surface area (Å²) in [5, 5.41) is 0. The summed E-state index contributed by atoms with van der Waals surface area (Å²) < 4.78 is 40.2. The Labute approximate surface area is 109 Å². The van der Waals surface area contributed by atoms with Gasteiger partial charge in [-0.05, 0) is 31.0 Å². The molecule has 2 aromatic rings. The van der Waals surface area contributed by atoms with E-state index in [9.17, 15) is 13.2 Å². The molecule has 2 N–H and O–H groups in total. The van der Waals surface area contributed by atoms with Crippen LogP contribution in [0, 0.1) is 17.5 Å². The standard InChI is InChI=1S/C15H14F3N/c1-15(19,12-4-2-3-5-13(12)17)9-10-6-7-11(16)8-14(10)18/h2-8H,9,19H2,1H3. The third-order valence-electron chi connectivity index (χ3n) is 3.06. The van der Waals surface area contributed by atoms with Gasteiger partial charge >= 0.3 is 0 Å². The maximum atomic E-state index is 13.7. The van der Waals surface area contributed by atoms with E-state index in [1.54, 1.807) is 25.1 Å². The topological polar surface area (TPSA) is 26.0 Å². The second-order valence-corrected chi connectivity index (χ2v) is 4.81. The predicted molar refractivity (Wildman–Crippen MR) is 68.0 cm³/mol. The highest BCUT2D eigenvalue weighted by Crippen LogP contribution is 2.26. The zero-order valence-electron chi connectivity index (χ0n) is 10.5. The van der Waals surface area contributed by atoms with E-state index in [1.807, 2.05) is 0 Å². The van der Waals surface area contributed by atoms with Gasteiger partial charge in [0, 0.05) is 17.2 Å². The van der Waals surface area contributed by atoms with Crippen LogP contribution in [0.15, 0.2) is 42.5 Å². The summed E-state index contributed by atoms with van der Waals surface area (Å²) in [5.41, 5.74) is 5.58. The molecule has 0 fully saturated rings. The lowest BCUT2D eigenvalue weighted by molar-refractivity contribution is 0.445. The van der Waals surface area contributed by atoms with E-state index in [4.69, 9.17) is 5.73 Å². The van der Waals surface area contributed by atoms with E-state index in [-0.39, 0.29) is 12.0 Å². The molecule has 0 amide bonds. The first kappa shape index (κ1) is 13.6. The molecule has 100 valence electrons. The smallest absolute Gasteiger partial charge is 0.129 e. The van der Waals surface area contributed by atoms with Crippen LogP contribution in [0.2, 0.25) is 0 Å². The quantitative estimate of drug-likeness (QED) is 0.902. The molecule has 0 aliphatic carbocycles. The Morgan fingerprint density at radius 3 is 2.32 bits per heavy atom. The van der Waals surface area contributed by atoms with Gasteiger partial charge < -0.3 is 5.73 Å². The van der Waals surface area contributed by atoms with Gasteiger partial charge in [-0.3, -0.25) is 0 Å². The fraction of sp³-hybridized carbons (Fsp3) is 0.200. The monoisotopic (exact) mass is 265 g/mol. The second kappa shape index (κ2) is 5.05. The maximum absolute atomic E-state index is 13.7. The summed E-state index contributed by atoms with van der Waals surface area (Å²) in [7, 11) is 0. The Bertz CT molecular complexity index is 594. The van der Waals surface area contributed by atoms with Crippen molar-refractivity contribution in [3.05, 3.63) is 71.0 Å². The molecule has 19 heavy (non-hydrogen) atoms. The van der Waals surface area contributed by atoms with Crippen LogP contribution < -0.4 is 5.73 Å². The molecule has 0 bridgehead atoms. The van der Waals surface area contributed by atoms with E-state index in [0.29, 0.717) is 5.56 Å². The molecule has 0 heterocycles. The first-order valence-electron chi connectivity index (χ1n) is 5.88. The first-order valence-corrected chi connectivity index (χ1v) is 5.88. The summed E-state index contributed by atoms with van der Waals surface area (Å²) in [6.45, 7) is 1.62. The largest absolute Gasteiger partial charge is 0.321 e. The summed E-state index contributed by atoms with van der Waals surface area (Å²) in [6.07, 6.45) is 0.0834. The molecule has 1 unspecified atom stereocenters. The van der Waals surface area contributed by atoms with Gasteiger partial charge in [-0.2, -0.15) is 0 Å². The van der Waals surface area contributed by atoms with Crippen molar-refractivity contribution in [2.45, 2.75) is 18.9 Å². The molecule has 1 atom stereocenters. The Kier molecular flexibility index (Phi) is 3.62. The van der Waals surface area contributed by atoms with Crippen molar-refractivity contribution in [3.63, 3.8) is 0 Å². The lowest BCUT2D eigenvalue weighted by Gasteiger charge is -2.26. The maximum Gasteiger partial charge on any atom is 0.129 e. The van der Waals surface area contributed by atoms with Crippen LogP contribution in [-0.2, 0) is 12.0 Å². The summed E-state index contributed by atoms with van der Waals surface area (Å²) in [4.78, 5) is 0. The lowest BCUT2D eigenvalue weighted by Crippen LogP contribution is -2.36. The van der Waals surface area contributed by atoms with Crippen LogP contribution in [0.1, 0.15) is 18.1 Å². The zero-order valence-corrected chi connectivity index (χ0v) is 10.5. The summed E-state index contributed by atoms with van der Waals surface area (Å²) in [6, 6.07) is 9.40. The molecule has 0 aromatic heterocycles. The molecule has 2 rings (SSSR count). The predicted octanol–water partition coefficient (Wildman–Crippen LogP) is 3.52. The molecule has 2 aromatic carbocycles. The average Bonchev–Trinajstić information content (AvgIpc) is 2.33. The number of halogens is 3. The van der Waals surface area contributed by atoms with Crippen molar-refractivity contribution in [1.29, 1.82) is 0 Å². The van der Waals surface area contributed by atoms with Crippen molar-refractivity contribution >= 4 is 0 Å². The SMILES string of the molecule is CC(N)(Cc1ccc(F)cc1F)c1ccccc1F. The zero-order chi connectivity index (χ0) is 14.0. The van der Waals surface area contributed by atoms with E-state index < -0.39 is 23.0 Å². The van der Waals surface area contributed by atoms with Crippen LogP contribution >= 0.6 is 0 Å². The minimum absolute atomic E-state index is 0.0834. The van der Waals surface area contributed by atoms with Crippen LogP contribution in [0.5, 0.6) is 0 Å². The summed E-state index contributed by atoms with van der Waals surface area (Å²) in [5.74, 6) is -1.76. The Balaban J connectivity index is 2.33. The van der Waals surface area contributed by atoms with Gasteiger partial charge in [0.15, 0.2) is 0 Å². The van der Waals surface area contributed by atoms with Crippen molar-refractivity contribution < 1.29 is 13.2 Å². The molecule has 0 aliphatic heterocycles. The molecule has 1 nitrogen and oxygen atoms in total. The van der Waals surface area contributed by atoms with Crippen LogP contribution in [0.3, 0.4) is 0 Å². The third-order valence-corrected chi connectivity index (χ3v) is 3.06. The van der Waals surface area contributed by atoms with Crippen molar-refractivity contribution in [2.24, 2.45) is 5.73 Å². The average molecular weight is 265 g/mol. The van der Waals surface area contributed by atoms with Crippen LogP contribution in [-0.4, -0.2) is 0 Å². The van der Waals surface area contributed by atoms with Crippen molar-refractivity contribution in [2.75, 3.05) is 0 Å². The molecule has 0 saturated carbocycles. The number of rotatable bonds is 3. The van der Waals surface area contributed by atoms with E-state index in [1.165, 1.54) is 12.1 Å². The normalized spacial score (nSPS) is 14.2. The van der Waals surface area contributed by atoms with E-state index in [0.717, 1.165) is 12.1 Å². The molecule has 0 radical (unpaired) electrons. The number of benzene rings is 2. The number of nitrogens with two attached hydrogens (primary N) is 1. The Hall–Kier alpha value is -1.81. The molecular weight excluding hydrogens is 251 g/mol. The number of hydrogen-bond donors (Lipinski definition) is 1. The lowest BCUT2D eigenvalue weighted by atomic mass is 9.86. The Morgan fingerprint density at radius 1 is 1.00 bits per heavy atom. The fourth-order valence-corrected chi connectivity index (χ4v) is 2.08. The first-order chi connectivity index (χ1) is 8.90. The third kappa shape index (κ3) is 2.96. The van der Waals surface area contributed by atoms with Crippen molar-refractivity contribution in [1.82, 2.24) is 0 Å². The van der Waals surface area contributed by atoms with Gasteiger partial charge in [-0.1, -0.05) is 24.3 Å². The molecule has 0 aliphatic rings. The molecule has 0 spiro atoms. The van der Waals surface area contributed by atoms with Crippen molar-refractivity contribution in [3.8, 4) is 0 Å². The van der Waals surface area contributed by atoms with Crippen LogP contribution in [0.4, 0.5) is 13.2 Å². The highest BCUT2D eigenvalue weighted by Gasteiger charge is 2.26. The van der Waals surface area contributed by atoms with Gasteiger partial charge in [-0.15, -0.1) is 0 Å². The fourth-order valence-electron chi connectivity index (χ4n) is 2.08. The second-order valence-electron chi connectivity index (χ2n) is 4.81. The van der Waals surface area contributed by atoms with Gasteiger partial charge in [0.25, 0.3) is 0 Å². The van der Waals surface area contributed by atoms with Gasteiger partial charge in [0.05, 0.1) is 0 Å². The molecular formula is C15H14F3N. The van der Waals surface area contributed by atoms with Crippen LogP contribution in [0.25, 0.3) is 0 Å². The van der Waals surface area contributed by atoms with Gasteiger partial charge in [0.1, 0.15) is 17.5 Å². The molecule has 0 saturated heterocycles. The van der Waals surface area contributed by atoms with E-state index in [2.05, 4.69) is 0 Å². The summed E-state index contributed by atoms with van der Waals surface area (Å²) >= 11 is 0. The van der Waals surface area contributed by atoms with E-state index >= 15 is 0 Å². The molecule has 4 heteroatoms. The number of hydrogen-bond acceptors (Lipinski definition) is 1. The van der Waals surface area contributed by atoms with Gasteiger partial charge in [0.2, 0.25) is 0 Å². The highest BCUT2D eigenvalue weighted by atomic mass is 19.1. The Morgan fingerprint density at radius 2 is 1.68 bits per heavy atom. The minimum Gasteiger partial charge on any atom is -0.321 e.